The molecule has 0 unspecified atom stereocenters. The molecule has 0 spiro atoms. The molecule has 0 fully saturated rings. The minimum Gasteiger partial charge on any atom is -0.493 e. The topological polar surface area (TPSA) is 106 Å². The Labute approximate surface area is 176 Å². The Balaban J connectivity index is 1.62. The van der Waals surface area contributed by atoms with Crippen LogP contribution in [0.15, 0.2) is 60.0 Å². The van der Waals surface area contributed by atoms with E-state index in [2.05, 4.69) is 16.2 Å². The quantitative estimate of drug-likeness (QED) is 0.527. The second kappa shape index (κ2) is 9.57. The van der Waals surface area contributed by atoms with E-state index < -0.39 is 11.8 Å². The summed E-state index contributed by atoms with van der Waals surface area (Å²) in [6.07, 6.45) is 0. The number of hydrogen-bond donors (Lipinski definition) is 3. The van der Waals surface area contributed by atoms with Crippen molar-refractivity contribution in [2.24, 2.45) is 0 Å². The highest BCUT2D eigenvalue weighted by Crippen LogP contribution is 2.27. The van der Waals surface area contributed by atoms with Crippen LogP contribution in [0.1, 0.15) is 30.4 Å². The molecule has 0 saturated heterocycles. The van der Waals surface area contributed by atoms with Gasteiger partial charge in [-0.15, -0.1) is 11.3 Å². The van der Waals surface area contributed by atoms with E-state index in [1.54, 1.807) is 47.8 Å². The van der Waals surface area contributed by atoms with Crippen molar-refractivity contribution < 1.29 is 23.9 Å². The molecular formula is C21H19N3O5S. The second-order valence-electron chi connectivity index (χ2n) is 5.99. The van der Waals surface area contributed by atoms with E-state index in [4.69, 9.17) is 9.47 Å². The van der Waals surface area contributed by atoms with Crippen LogP contribution in [-0.2, 0) is 0 Å². The third-order valence-electron chi connectivity index (χ3n) is 4.06. The highest BCUT2D eigenvalue weighted by Gasteiger charge is 2.13. The Kier molecular flexibility index (Phi) is 6.66. The summed E-state index contributed by atoms with van der Waals surface area (Å²) in [5.74, 6) is -0.433. The number of hydrogen-bond acceptors (Lipinski definition) is 6. The Morgan fingerprint density at radius 2 is 1.47 bits per heavy atom. The molecule has 3 aromatic rings. The predicted octanol–water partition coefficient (Wildman–Crippen LogP) is 3.09. The standard InChI is InChI=1S/C21H19N3O5S/c1-28-16-9-8-14(12-17(16)29-2)20(26)24-23-19(25)13-5-3-6-15(11-13)22-21(27)18-7-4-10-30-18/h3-12H,1-2H3,(H,22,27)(H,23,25)(H,24,26). The lowest BCUT2D eigenvalue weighted by Crippen LogP contribution is -2.41. The fourth-order valence-corrected chi connectivity index (χ4v) is 3.19. The summed E-state index contributed by atoms with van der Waals surface area (Å²) in [4.78, 5) is 37.4. The molecule has 0 radical (unpaired) electrons. The Morgan fingerprint density at radius 3 is 2.10 bits per heavy atom. The number of carbonyl (C=O) groups excluding carboxylic acids is 3. The second-order valence-corrected chi connectivity index (χ2v) is 6.94. The van der Waals surface area contributed by atoms with Gasteiger partial charge < -0.3 is 14.8 Å². The smallest absolute Gasteiger partial charge is 0.269 e. The van der Waals surface area contributed by atoms with E-state index in [1.165, 1.54) is 37.7 Å². The lowest BCUT2D eigenvalue weighted by Gasteiger charge is -2.11. The highest BCUT2D eigenvalue weighted by molar-refractivity contribution is 7.12. The van der Waals surface area contributed by atoms with Gasteiger partial charge in [0.2, 0.25) is 0 Å². The van der Waals surface area contributed by atoms with Gasteiger partial charge in [0.05, 0.1) is 19.1 Å². The molecule has 1 aromatic heterocycles. The Bertz CT molecular complexity index is 1070. The van der Waals surface area contributed by atoms with Gasteiger partial charge in [0.1, 0.15) is 0 Å². The molecule has 9 heteroatoms. The fraction of sp³-hybridized carbons (Fsp3) is 0.0952. The summed E-state index contributed by atoms with van der Waals surface area (Å²) in [6.45, 7) is 0. The number of benzene rings is 2. The van der Waals surface area contributed by atoms with Crippen molar-refractivity contribution in [2.75, 3.05) is 19.5 Å². The van der Waals surface area contributed by atoms with Crippen LogP contribution in [0.3, 0.4) is 0 Å². The summed E-state index contributed by atoms with van der Waals surface area (Å²) >= 11 is 1.32. The molecule has 2 aromatic carbocycles. The van der Waals surface area contributed by atoms with Gasteiger partial charge in [-0.1, -0.05) is 12.1 Å². The third-order valence-corrected chi connectivity index (χ3v) is 4.93. The molecule has 8 nitrogen and oxygen atoms in total. The number of carbonyl (C=O) groups is 3. The maximum atomic E-state index is 12.4. The number of methoxy groups -OCH3 is 2. The van der Waals surface area contributed by atoms with Crippen LogP contribution in [0.25, 0.3) is 0 Å². The zero-order valence-electron chi connectivity index (χ0n) is 16.2. The zero-order chi connectivity index (χ0) is 21.5. The van der Waals surface area contributed by atoms with Gasteiger partial charge in [0.25, 0.3) is 17.7 Å². The van der Waals surface area contributed by atoms with Gasteiger partial charge in [-0.05, 0) is 47.8 Å². The van der Waals surface area contributed by atoms with Crippen LogP contribution in [0.2, 0.25) is 0 Å². The number of rotatable bonds is 6. The largest absolute Gasteiger partial charge is 0.493 e. The number of ether oxygens (including phenoxy) is 2. The van der Waals surface area contributed by atoms with Crippen LogP contribution in [0.4, 0.5) is 5.69 Å². The average Bonchev–Trinajstić information content (AvgIpc) is 3.32. The molecule has 1 heterocycles. The van der Waals surface area contributed by atoms with E-state index in [1.807, 2.05) is 0 Å². The minimum absolute atomic E-state index is 0.260. The monoisotopic (exact) mass is 425 g/mol. The molecule has 0 saturated carbocycles. The Morgan fingerprint density at radius 1 is 0.767 bits per heavy atom. The van der Waals surface area contributed by atoms with Crippen LogP contribution in [0, 0.1) is 0 Å². The van der Waals surface area contributed by atoms with Gasteiger partial charge >= 0.3 is 0 Å². The fourth-order valence-electron chi connectivity index (χ4n) is 2.57. The van der Waals surface area contributed by atoms with E-state index >= 15 is 0 Å². The maximum Gasteiger partial charge on any atom is 0.269 e. The first kappa shape index (κ1) is 20.9. The summed E-state index contributed by atoms with van der Waals surface area (Å²) in [7, 11) is 2.96. The Hall–Kier alpha value is -3.85. The van der Waals surface area contributed by atoms with Crippen LogP contribution in [-0.4, -0.2) is 31.9 Å². The SMILES string of the molecule is COc1ccc(C(=O)NNC(=O)c2cccc(NC(=O)c3cccs3)c2)cc1OC. The number of hydrazine groups is 1. The van der Waals surface area contributed by atoms with Crippen LogP contribution >= 0.6 is 11.3 Å². The number of amides is 3. The summed E-state index contributed by atoms with van der Waals surface area (Å²) in [6, 6.07) is 14.5. The van der Waals surface area contributed by atoms with Crippen molar-refractivity contribution >= 4 is 34.7 Å². The van der Waals surface area contributed by atoms with Gasteiger partial charge in [-0.25, -0.2) is 0 Å². The van der Waals surface area contributed by atoms with Crippen LogP contribution < -0.4 is 25.6 Å². The first-order valence-electron chi connectivity index (χ1n) is 8.79. The van der Waals surface area contributed by atoms with Crippen molar-refractivity contribution in [1.29, 1.82) is 0 Å². The molecule has 0 atom stereocenters. The van der Waals surface area contributed by atoms with Crippen molar-refractivity contribution in [1.82, 2.24) is 10.9 Å². The summed E-state index contributed by atoms with van der Waals surface area (Å²) < 4.78 is 10.3. The summed E-state index contributed by atoms with van der Waals surface area (Å²) in [5, 5.41) is 4.54. The first-order valence-corrected chi connectivity index (χ1v) is 9.67. The molecule has 0 aliphatic carbocycles. The van der Waals surface area contributed by atoms with Crippen LogP contribution in [0.5, 0.6) is 11.5 Å². The number of nitrogens with one attached hydrogen (secondary N) is 3. The predicted molar refractivity (Wildman–Crippen MR) is 113 cm³/mol. The number of anilines is 1. The van der Waals surface area contributed by atoms with Crippen molar-refractivity contribution in [2.45, 2.75) is 0 Å². The van der Waals surface area contributed by atoms with E-state index in [0.29, 0.717) is 22.1 Å². The molecular weight excluding hydrogens is 406 g/mol. The van der Waals surface area contributed by atoms with E-state index in [9.17, 15) is 14.4 Å². The van der Waals surface area contributed by atoms with E-state index in [-0.39, 0.29) is 17.0 Å². The zero-order valence-corrected chi connectivity index (χ0v) is 17.0. The lowest BCUT2D eigenvalue weighted by atomic mass is 10.2. The normalized spacial score (nSPS) is 10.1. The molecule has 0 aliphatic heterocycles. The van der Waals surface area contributed by atoms with Gasteiger partial charge in [0, 0.05) is 16.8 Å². The highest BCUT2D eigenvalue weighted by atomic mass is 32.1. The lowest BCUT2D eigenvalue weighted by molar-refractivity contribution is 0.0846. The molecule has 30 heavy (non-hydrogen) atoms. The molecule has 0 bridgehead atoms. The van der Waals surface area contributed by atoms with Gasteiger partial charge in [0.15, 0.2) is 11.5 Å². The minimum atomic E-state index is -0.531. The average molecular weight is 425 g/mol. The molecule has 3 rings (SSSR count). The van der Waals surface area contributed by atoms with Crippen molar-refractivity contribution in [3.05, 3.63) is 76.0 Å². The maximum absolute atomic E-state index is 12.4. The molecule has 3 amide bonds. The molecule has 0 aliphatic rings. The summed E-state index contributed by atoms with van der Waals surface area (Å²) in [5.41, 5.74) is 5.72. The first-order chi connectivity index (χ1) is 14.5. The van der Waals surface area contributed by atoms with Crippen molar-refractivity contribution in [3.8, 4) is 11.5 Å². The third kappa shape index (κ3) is 4.95. The molecule has 154 valence electrons. The number of thiophene rings is 1. The van der Waals surface area contributed by atoms with Gasteiger partial charge in [-0.3, -0.25) is 25.2 Å². The molecule has 3 N–H and O–H groups in total. The van der Waals surface area contributed by atoms with E-state index in [0.717, 1.165) is 0 Å². The van der Waals surface area contributed by atoms with Crippen molar-refractivity contribution in [3.63, 3.8) is 0 Å². The van der Waals surface area contributed by atoms with Gasteiger partial charge in [-0.2, -0.15) is 0 Å².